The van der Waals surface area contributed by atoms with Crippen LogP contribution >= 0.6 is 0 Å². The van der Waals surface area contributed by atoms with E-state index in [9.17, 15) is 18.3 Å². The quantitative estimate of drug-likeness (QED) is 0.746. The largest absolute Gasteiger partial charge is 0.507 e. The Labute approximate surface area is 114 Å². The van der Waals surface area contributed by atoms with E-state index in [4.69, 9.17) is 9.66 Å². The minimum Gasteiger partial charge on any atom is -0.507 e. The Hall–Kier alpha value is -2.38. The van der Waals surface area contributed by atoms with Crippen molar-refractivity contribution in [2.45, 2.75) is 4.90 Å². The highest BCUT2D eigenvalue weighted by molar-refractivity contribution is 7.85. The molecule has 2 rings (SSSR count). The highest BCUT2D eigenvalue weighted by Gasteiger charge is 2.12. The van der Waals surface area contributed by atoms with E-state index in [0.717, 1.165) is 0 Å². The van der Waals surface area contributed by atoms with Crippen molar-refractivity contribution in [1.82, 2.24) is 0 Å². The van der Waals surface area contributed by atoms with Gasteiger partial charge in [-0.25, -0.2) is 4.79 Å². The van der Waals surface area contributed by atoms with E-state index in [0.29, 0.717) is 11.1 Å². The topological polar surface area (TPSA) is 112 Å². The molecule has 0 bridgehead atoms. The zero-order valence-corrected chi connectivity index (χ0v) is 10.8. The molecular formula is C13H10O6S. The summed E-state index contributed by atoms with van der Waals surface area (Å²) in [6, 6.07) is 9.30. The number of phenols is 1. The molecule has 3 N–H and O–H groups in total. The molecule has 0 unspecified atom stereocenters. The third kappa shape index (κ3) is 2.79. The molecule has 0 heterocycles. The van der Waals surface area contributed by atoms with Gasteiger partial charge in [-0.2, -0.15) is 8.42 Å². The van der Waals surface area contributed by atoms with Crippen LogP contribution in [-0.2, 0) is 10.1 Å². The maximum absolute atomic E-state index is 10.9. The number of carbonyl (C=O) groups is 1. The Balaban J connectivity index is 2.47. The Bertz CT molecular complexity index is 762. The molecule has 0 fully saturated rings. The van der Waals surface area contributed by atoms with Gasteiger partial charge in [0.15, 0.2) is 0 Å². The van der Waals surface area contributed by atoms with Gasteiger partial charge in [-0.05, 0) is 35.4 Å². The van der Waals surface area contributed by atoms with Gasteiger partial charge in [0, 0.05) is 0 Å². The second-order valence-corrected chi connectivity index (χ2v) is 5.46. The molecule has 0 saturated heterocycles. The summed E-state index contributed by atoms with van der Waals surface area (Å²) in [6.45, 7) is 0. The predicted molar refractivity (Wildman–Crippen MR) is 70.3 cm³/mol. The summed E-state index contributed by atoms with van der Waals surface area (Å²) in [5.74, 6) is -1.62. The van der Waals surface area contributed by atoms with E-state index in [2.05, 4.69) is 0 Å². The summed E-state index contributed by atoms with van der Waals surface area (Å²) in [6.07, 6.45) is 0. The molecule has 0 radical (unpaired) electrons. The van der Waals surface area contributed by atoms with Crippen LogP contribution in [-0.4, -0.2) is 29.2 Å². The van der Waals surface area contributed by atoms with Gasteiger partial charge in [-0.1, -0.05) is 18.2 Å². The molecule has 0 spiro atoms. The maximum atomic E-state index is 10.9. The van der Waals surface area contributed by atoms with Crippen molar-refractivity contribution in [3.63, 3.8) is 0 Å². The van der Waals surface area contributed by atoms with Gasteiger partial charge in [0.25, 0.3) is 10.1 Å². The van der Waals surface area contributed by atoms with Gasteiger partial charge in [0.2, 0.25) is 0 Å². The van der Waals surface area contributed by atoms with Crippen LogP contribution in [0.3, 0.4) is 0 Å². The summed E-state index contributed by atoms with van der Waals surface area (Å²) < 4.78 is 30.7. The lowest BCUT2D eigenvalue weighted by molar-refractivity contribution is 0.0693. The highest BCUT2D eigenvalue weighted by atomic mass is 32.2. The van der Waals surface area contributed by atoms with Crippen LogP contribution in [0.25, 0.3) is 11.1 Å². The first kappa shape index (κ1) is 14.0. The van der Waals surface area contributed by atoms with Crippen molar-refractivity contribution in [2.24, 2.45) is 0 Å². The lowest BCUT2D eigenvalue weighted by Crippen LogP contribution is -1.98. The molecule has 2 aromatic carbocycles. The number of rotatable bonds is 3. The van der Waals surface area contributed by atoms with Crippen molar-refractivity contribution in [1.29, 1.82) is 0 Å². The Morgan fingerprint density at radius 2 is 1.50 bits per heavy atom. The molecule has 0 amide bonds. The van der Waals surface area contributed by atoms with Crippen molar-refractivity contribution in [3.8, 4) is 16.9 Å². The number of hydrogen-bond donors (Lipinski definition) is 3. The number of carboxylic acids is 1. The number of aromatic carboxylic acids is 1. The summed E-state index contributed by atoms with van der Waals surface area (Å²) in [4.78, 5) is 10.7. The third-order valence-corrected chi connectivity index (χ3v) is 3.58. The molecule has 20 heavy (non-hydrogen) atoms. The Kier molecular flexibility index (Phi) is 3.47. The minimum absolute atomic E-state index is 0.249. The summed E-state index contributed by atoms with van der Waals surface area (Å²) in [5.41, 5.74) is 0.809. The molecule has 0 atom stereocenters. The molecule has 0 aliphatic carbocycles. The number of benzene rings is 2. The van der Waals surface area contributed by atoms with Crippen LogP contribution in [0.2, 0.25) is 0 Å². The molecule has 0 aliphatic rings. The third-order valence-electron chi connectivity index (χ3n) is 2.71. The second kappa shape index (κ2) is 4.95. The van der Waals surface area contributed by atoms with Crippen LogP contribution in [0.1, 0.15) is 10.4 Å². The first-order chi connectivity index (χ1) is 9.29. The maximum Gasteiger partial charge on any atom is 0.339 e. The molecular weight excluding hydrogens is 284 g/mol. The molecule has 7 heteroatoms. The highest BCUT2D eigenvalue weighted by Crippen LogP contribution is 2.26. The first-order valence-corrected chi connectivity index (χ1v) is 6.87. The van der Waals surface area contributed by atoms with E-state index in [1.165, 1.54) is 42.5 Å². The Morgan fingerprint density at radius 1 is 0.950 bits per heavy atom. The van der Waals surface area contributed by atoms with E-state index < -0.39 is 16.1 Å². The standard InChI is InChI=1S/C13H10O6S/c14-12-6-3-9(7-11(12)13(15)16)8-1-4-10(5-2-8)20(17,18)19/h1-7,14H,(H,15,16)(H,17,18,19). The smallest absolute Gasteiger partial charge is 0.339 e. The van der Waals surface area contributed by atoms with Gasteiger partial charge >= 0.3 is 5.97 Å². The minimum atomic E-state index is -4.26. The summed E-state index contributed by atoms with van der Waals surface area (Å²) in [7, 11) is -4.26. The van der Waals surface area contributed by atoms with Crippen molar-refractivity contribution in [3.05, 3.63) is 48.0 Å². The first-order valence-electron chi connectivity index (χ1n) is 5.43. The van der Waals surface area contributed by atoms with Crippen molar-refractivity contribution < 1.29 is 28.0 Å². The molecule has 0 saturated carbocycles. The van der Waals surface area contributed by atoms with Gasteiger partial charge in [-0.3, -0.25) is 4.55 Å². The zero-order valence-electron chi connectivity index (χ0n) is 10.0. The zero-order chi connectivity index (χ0) is 14.9. The lowest BCUT2D eigenvalue weighted by atomic mass is 10.0. The lowest BCUT2D eigenvalue weighted by Gasteiger charge is -2.05. The average molecular weight is 294 g/mol. The van der Waals surface area contributed by atoms with Gasteiger partial charge < -0.3 is 10.2 Å². The van der Waals surface area contributed by atoms with Crippen molar-refractivity contribution in [2.75, 3.05) is 0 Å². The summed E-state index contributed by atoms with van der Waals surface area (Å²) in [5, 5.41) is 18.3. The predicted octanol–water partition coefficient (Wildman–Crippen LogP) is 2.00. The van der Waals surface area contributed by atoms with Gasteiger partial charge in [0.1, 0.15) is 11.3 Å². The number of aromatic hydroxyl groups is 1. The summed E-state index contributed by atoms with van der Waals surface area (Å²) >= 11 is 0. The fourth-order valence-electron chi connectivity index (χ4n) is 1.71. The van der Waals surface area contributed by atoms with Crippen LogP contribution in [0.5, 0.6) is 5.75 Å². The van der Waals surface area contributed by atoms with E-state index in [-0.39, 0.29) is 16.2 Å². The van der Waals surface area contributed by atoms with Crippen LogP contribution in [0.4, 0.5) is 0 Å². The average Bonchev–Trinajstić information content (AvgIpc) is 2.38. The second-order valence-electron chi connectivity index (χ2n) is 4.04. The van der Waals surface area contributed by atoms with E-state index in [1.54, 1.807) is 0 Å². The van der Waals surface area contributed by atoms with Crippen LogP contribution < -0.4 is 0 Å². The van der Waals surface area contributed by atoms with Crippen molar-refractivity contribution >= 4 is 16.1 Å². The van der Waals surface area contributed by atoms with E-state index >= 15 is 0 Å². The molecule has 6 nitrogen and oxygen atoms in total. The SMILES string of the molecule is O=C(O)c1cc(-c2ccc(S(=O)(=O)O)cc2)ccc1O. The fraction of sp³-hybridized carbons (Fsp3) is 0. The van der Waals surface area contributed by atoms with Crippen LogP contribution in [0.15, 0.2) is 47.4 Å². The molecule has 0 aliphatic heterocycles. The normalized spacial score (nSPS) is 11.2. The number of hydrogen-bond acceptors (Lipinski definition) is 4. The van der Waals surface area contributed by atoms with Gasteiger partial charge in [0.05, 0.1) is 4.90 Å². The number of carboxylic acid groups (broad SMARTS) is 1. The van der Waals surface area contributed by atoms with Gasteiger partial charge in [-0.15, -0.1) is 0 Å². The monoisotopic (exact) mass is 294 g/mol. The molecule has 104 valence electrons. The molecule has 0 aromatic heterocycles. The fourth-order valence-corrected chi connectivity index (χ4v) is 2.19. The van der Waals surface area contributed by atoms with Crippen LogP contribution in [0, 0.1) is 0 Å². The van der Waals surface area contributed by atoms with E-state index in [1.807, 2.05) is 0 Å². The Morgan fingerprint density at radius 3 is 2.00 bits per heavy atom. The molecule has 2 aromatic rings.